The Morgan fingerprint density at radius 2 is 2.00 bits per heavy atom. The highest BCUT2D eigenvalue weighted by molar-refractivity contribution is 7.89. The molecule has 0 amide bonds. The van der Waals surface area contributed by atoms with Crippen LogP contribution in [0.4, 0.5) is 0 Å². The first-order valence-electron chi connectivity index (χ1n) is 6.10. The molecule has 0 aliphatic rings. The van der Waals surface area contributed by atoms with Gasteiger partial charge in [-0.25, -0.2) is 13.1 Å². The number of benzene rings is 1. The molecule has 0 spiro atoms. The Morgan fingerprint density at radius 1 is 1.37 bits per heavy atom. The third-order valence-corrected chi connectivity index (χ3v) is 4.26. The minimum absolute atomic E-state index is 0.162. The van der Waals surface area contributed by atoms with Crippen molar-refractivity contribution in [3.63, 3.8) is 0 Å². The molecule has 0 atom stereocenters. The van der Waals surface area contributed by atoms with Crippen molar-refractivity contribution in [2.75, 3.05) is 13.2 Å². The Labute approximate surface area is 114 Å². The van der Waals surface area contributed by atoms with E-state index in [1.807, 2.05) is 6.92 Å². The summed E-state index contributed by atoms with van der Waals surface area (Å²) in [6.45, 7) is 7.15. The van der Waals surface area contributed by atoms with Gasteiger partial charge in [0.25, 0.3) is 0 Å². The lowest BCUT2D eigenvalue weighted by molar-refractivity contribution is 0.208. The fourth-order valence-corrected chi connectivity index (χ4v) is 3.05. The molecule has 1 aromatic carbocycles. The summed E-state index contributed by atoms with van der Waals surface area (Å²) >= 11 is 0. The van der Waals surface area contributed by atoms with Crippen LogP contribution in [0.2, 0.25) is 0 Å². The summed E-state index contributed by atoms with van der Waals surface area (Å²) in [4.78, 5) is 0.162. The number of aryl methyl sites for hydroxylation is 1. The van der Waals surface area contributed by atoms with Gasteiger partial charge in [0.1, 0.15) is 5.75 Å². The van der Waals surface area contributed by atoms with E-state index in [1.165, 1.54) is 6.07 Å². The number of hydrogen-bond acceptors (Lipinski definition) is 4. The number of hydrogen-bond donors (Lipinski definition) is 2. The third kappa shape index (κ3) is 4.19. The van der Waals surface area contributed by atoms with Crippen LogP contribution in [-0.2, 0) is 10.0 Å². The predicted molar refractivity (Wildman–Crippen MR) is 73.8 cm³/mol. The Hall–Kier alpha value is -1.11. The predicted octanol–water partition coefficient (Wildman–Crippen LogP) is 1.44. The third-order valence-electron chi connectivity index (χ3n) is 2.56. The zero-order chi connectivity index (χ0) is 14.7. The van der Waals surface area contributed by atoms with Crippen LogP contribution in [0, 0.1) is 6.92 Å². The van der Waals surface area contributed by atoms with Crippen LogP contribution < -0.4 is 9.46 Å². The molecule has 19 heavy (non-hydrogen) atoms. The molecule has 0 aromatic heterocycles. The second-order valence-electron chi connectivity index (χ2n) is 5.01. The SMILES string of the molecule is CCOc1ccc(S(=O)(=O)NC(C)(C)CO)cc1C. The van der Waals surface area contributed by atoms with E-state index >= 15 is 0 Å². The molecule has 5 nitrogen and oxygen atoms in total. The van der Waals surface area contributed by atoms with Gasteiger partial charge in [-0.1, -0.05) is 0 Å². The van der Waals surface area contributed by atoms with Crippen molar-refractivity contribution in [1.29, 1.82) is 0 Å². The summed E-state index contributed by atoms with van der Waals surface area (Å²) in [5, 5.41) is 9.13. The molecular formula is C13H21NO4S. The molecule has 0 bridgehead atoms. The smallest absolute Gasteiger partial charge is 0.241 e. The largest absolute Gasteiger partial charge is 0.494 e. The molecule has 6 heteroatoms. The Balaban J connectivity index is 3.06. The van der Waals surface area contributed by atoms with Crippen LogP contribution in [0.25, 0.3) is 0 Å². The maximum absolute atomic E-state index is 12.2. The number of rotatable bonds is 6. The average molecular weight is 287 g/mol. The molecule has 1 rings (SSSR count). The van der Waals surface area contributed by atoms with Crippen LogP contribution in [0.15, 0.2) is 23.1 Å². The Bertz CT molecular complexity index is 538. The standard InChI is InChI=1S/C13H21NO4S/c1-5-18-12-7-6-11(8-10(12)2)19(16,17)14-13(3,4)9-15/h6-8,14-15H,5,9H2,1-4H3. The van der Waals surface area contributed by atoms with Crippen molar-refractivity contribution in [1.82, 2.24) is 4.72 Å². The van der Waals surface area contributed by atoms with Gasteiger partial charge >= 0.3 is 0 Å². The van der Waals surface area contributed by atoms with E-state index in [2.05, 4.69) is 4.72 Å². The van der Waals surface area contributed by atoms with E-state index < -0.39 is 15.6 Å². The second-order valence-corrected chi connectivity index (χ2v) is 6.69. The van der Waals surface area contributed by atoms with Crippen molar-refractivity contribution in [2.24, 2.45) is 0 Å². The quantitative estimate of drug-likeness (QED) is 0.830. The van der Waals surface area contributed by atoms with E-state index in [0.29, 0.717) is 12.4 Å². The van der Waals surface area contributed by atoms with E-state index in [4.69, 9.17) is 9.84 Å². The molecule has 0 saturated carbocycles. The molecule has 1 aromatic rings. The Kier molecular flexibility index (Phi) is 4.95. The number of aliphatic hydroxyl groups excluding tert-OH is 1. The summed E-state index contributed by atoms with van der Waals surface area (Å²) in [5.41, 5.74) is -0.141. The van der Waals surface area contributed by atoms with Crippen molar-refractivity contribution in [3.8, 4) is 5.75 Å². The number of ether oxygens (including phenoxy) is 1. The molecule has 2 N–H and O–H groups in total. The summed E-state index contributed by atoms with van der Waals surface area (Å²) in [5.74, 6) is 0.669. The maximum atomic E-state index is 12.2. The van der Waals surface area contributed by atoms with Crippen molar-refractivity contribution >= 4 is 10.0 Å². The van der Waals surface area contributed by atoms with Crippen molar-refractivity contribution < 1.29 is 18.3 Å². The Morgan fingerprint density at radius 3 is 2.47 bits per heavy atom. The van der Waals surface area contributed by atoms with Gasteiger partial charge in [-0.05, 0) is 51.5 Å². The zero-order valence-electron chi connectivity index (χ0n) is 11.7. The average Bonchev–Trinajstić information content (AvgIpc) is 2.30. The van der Waals surface area contributed by atoms with E-state index in [0.717, 1.165) is 5.56 Å². The molecule has 0 fully saturated rings. The van der Waals surface area contributed by atoms with E-state index in [1.54, 1.807) is 32.9 Å². The highest BCUT2D eigenvalue weighted by atomic mass is 32.2. The first-order chi connectivity index (χ1) is 8.72. The molecule has 108 valence electrons. The fourth-order valence-electron chi connectivity index (χ4n) is 1.56. The van der Waals surface area contributed by atoms with Gasteiger partial charge < -0.3 is 9.84 Å². The summed E-state index contributed by atoms with van der Waals surface area (Å²) in [6, 6.07) is 4.69. The molecule has 0 aliphatic carbocycles. The molecule has 0 radical (unpaired) electrons. The molecule has 0 aliphatic heterocycles. The summed E-state index contributed by atoms with van der Waals surface area (Å²) in [7, 11) is -3.65. The monoisotopic (exact) mass is 287 g/mol. The number of sulfonamides is 1. The highest BCUT2D eigenvalue weighted by Crippen LogP contribution is 2.22. The summed E-state index contributed by atoms with van der Waals surface area (Å²) in [6.07, 6.45) is 0. The minimum atomic E-state index is -3.65. The van der Waals surface area contributed by atoms with Crippen LogP contribution in [0.3, 0.4) is 0 Å². The second kappa shape index (κ2) is 5.90. The normalized spacial score (nSPS) is 12.5. The number of nitrogens with one attached hydrogen (secondary N) is 1. The lowest BCUT2D eigenvalue weighted by Gasteiger charge is -2.23. The van der Waals surface area contributed by atoms with Gasteiger partial charge in [-0.2, -0.15) is 0 Å². The first-order valence-corrected chi connectivity index (χ1v) is 7.58. The molecule has 0 saturated heterocycles. The van der Waals surface area contributed by atoms with Gasteiger partial charge in [0.2, 0.25) is 10.0 Å². The van der Waals surface area contributed by atoms with Crippen molar-refractivity contribution in [2.45, 2.75) is 38.1 Å². The highest BCUT2D eigenvalue weighted by Gasteiger charge is 2.25. The first kappa shape index (κ1) is 15.9. The lowest BCUT2D eigenvalue weighted by Crippen LogP contribution is -2.46. The lowest BCUT2D eigenvalue weighted by atomic mass is 10.1. The van der Waals surface area contributed by atoms with Crippen LogP contribution >= 0.6 is 0 Å². The molecule has 0 unspecified atom stereocenters. The van der Waals surface area contributed by atoms with Gasteiger partial charge in [0.15, 0.2) is 0 Å². The minimum Gasteiger partial charge on any atom is -0.494 e. The molecular weight excluding hydrogens is 266 g/mol. The topological polar surface area (TPSA) is 75.6 Å². The van der Waals surface area contributed by atoms with Gasteiger partial charge in [0, 0.05) is 0 Å². The zero-order valence-corrected chi connectivity index (χ0v) is 12.5. The van der Waals surface area contributed by atoms with E-state index in [9.17, 15) is 8.42 Å². The fraction of sp³-hybridized carbons (Fsp3) is 0.538. The summed E-state index contributed by atoms with van der Waals surface area (Å²) < 4.78 is 32.2. The molecule has 0 heterocycles. The van der Waals surface area contributed by atoms with Gasteiger partial charge in [0.05, 0.1) is 23.6 Å². The van der Waals surface area contributed by atoms with Crippen LogP contribution in [0.5, 0.6) is 5.75 Å². The number of aliphatic hydroxyl groups is 1. The van der Waals surface area contributed by atoms with Crippen LogP contribution in [-0.4, -0.2) is 32.3 Å². The van der Waals surface area contributed by atoms with Crippen LogP contribution in [0.1, 0.15) is 26.3 Å². The van der Waals surface area contributed by atoms with Gasteiger partial charge in [-0.15, -0.1) is 0 Å². The van der Waals surface area contributed by atoms with E-state index in [-0.39, 0.29) is 11.5 Å². The van der Waals surface area contributed by atoms with Gasteiger partial charge in [-0.3, -0.25) is 0 Å². The van der Waals surface area contributed by atoms with Crippen molar-refractivity contribution in [3.05, 3.63) is 23.8 Å². The maximum Gasteiger partial charge on any atom is 0.241 e.